The molecule has 1 unspecified atom stereocenters. The van der Waals surface area contributed by atoms with Crippen molar-refractivity contribution >= 4 is 16.8 Å². The minimum absolute atomic E-state index is 0.00509. The molecular formula is C14H17N3O2. The van der Waals surface area contributed by atoms with Crippen LogP contribution in [0.25, 0.3) is 10.9 Å². The zero-order valence-electron chi connectivity index (χ0n) is 10.9. The van der Waals surface area contributed by atoms with Gasteiger partial charge >= 0.3 is 0 Å². The molecule has 1 aliphatic rings. The van der Waals surface area contributed by atoms with E-state index in [1.165, 1.54) is 0 Å². The number of rotatable bonds is 3. The van der Waals surface area contributed by atoms with Crippen LogP contribution in [-0.2, 0) is 9.53 Å². The van der Waals surface area contributed by atoms with E-state index < -0.39 is 12.5 Å². The predicted molar refractivity (Wildman–Crippen MR) is 72.6 cm³/mol. The summed E-state index contributed by atoms with van der Waals surface area (Å²) in [6, 6.07) is 8.07. The van der Waals surface area contributed by atoms with Crippen LogP contribution in [0.3, 0.4) is 0 Å². The first-order valence-electron chi connectivity index (χ1n) is 6.40. The Labute approximate surface area is 111 Å². The number of fused-ring (bicyclic) bond motifs is 1. The average molecular weight is 259 g/mol. The number of carbonyl (C=O) groups excluding carboxylic acids is 1. The zero-order chi connectivity index (χ0) is 13.4. The standard InChI is InChI=1S/C14H17N3O2/c1-8(12-13(18)17-14(15-2)19-12)10-7-16-11-6-4-3-5-9(10)11/h3-8,12,14-16H,1-2H3,(H,17,18)/t8-,12+,14?/m1/s1. The number of para-hydroxylation sites is 1. The van der Waals surface area contributed by atoms with Crippen LogP contribution >= 0.6 is 0 Å². The van der Waals surface area contributed by atoms with Crippen molar-refractivity contribution in [3.05, 3.63) is 36.0 Å². The van der Waals surface area contributed by atoms with Crippen molar-refractivity contribution in [1.29, 1.82) is 0 Å². The second kappa shape index (κ2) is 4.68. The summed E-state index contributed by atoms with van der Waals surface area (Å²) >= 11 is 0. The number of aromatic nitrogens is 1. The lowest BCUT2D eigenvalue weighted by Crippen LogP contribution is -2.37. The highest BCUT2D eigenvalue weighted by atomic mass is 16.5. The lowest BCUT2D eigenvalue weighted by molar-refractivity contribution is -0.124. The van der Waals surface area contributed by atoms with Crippen LogP contribution in [0.2, 0.25) is 0 Å². The molecule has 0 aliphatic carbocycles. The van der Waals surface area contributed by atoms with E-state index in [0.29, 0.717) is 0 Å². The van der Waals surface area contributed by atoms with Crippen LogP contribution in [0.1, 0.15) is 18.4 Å². The molecule has 5 nitrogen and oxygen atoms in total. The van der Waals surface area contributed by atoms with Crippen LogP contribution in [0.5, 0.6) is 0 Å². The third kappa shape index (κ3) is 2.01. The molecule has 19 heavy (non-hydrogen) atoms. The van der Waals surface area contributed by atoms with E-state index in [1.807, 2.05) is 31.3 Å². The minimum Gasteiger partial charge on any atom is -0.361 e. The van der Waals surface area contributed by atoms with Crippen LogP contribution in [0, 0.1) is 0 Å². The number of carbonyl (C=O) groups is 1. The fraction of sp³-hybridized carbons (Fsp3) is 0.357. The molecule has 3 rings (SSSR count). The van der Waals surface area contributed by atoms with Gasteiger partial charge in [-0.05, 0) is 18.7 Å². The number of amides is 1. The molecule has 1 saturated heterocycles. The van der Waals surface area contributed by atoms with Gasteiger partial charge in [0, 0.05) is 23.0 Å². The number of benzene rings is 1. The smallest absolute Gasteiger partial charge is 0.252 e. The van der Waals surface area contributed by atoms with Gasteiger partial charge in [-0.3, -0.25) is 10.1 Å². The molecule has 2 heterocycles. The fourth-order valence-corrected chi connectivity index (χ4v) is 2.57. The summed E-state index contributed by atoms with van der Waals surface area (Å²) in [5.41, 5.74) is 2.18. The van der Waals surface area contributed by atoms with Gasteiger partial charge in [0.1, 0.15) is 6.10 Å². The average Bonchev–Trinajstić information content (AvgIpc) is 3.01. The molecule has 1 amide bonds. The van der Waals surface area contributed by atoms with Crippen LogP contribution < -0.4 is 10.6 Å². The molecular weight excluding hydrogens is 242 g/mol. The Bertz CT molecular complexity index is 608. The highest BCUT2D eigenvalue weighted by Gasteiger charge is 2.37. The van der Waals surface area contributed by atoms with Gasteiger partial charge in [-0.1, -0.05) is 25.1 Å². The molecule has 1 fully saturated rings. The lowest BCUT2D eigenvalue weighted by atomic mass is 9.94. The van der Waals surface area contributed by atoms with E-state index in [0.717, 1.165) is 16.5 Å². The molecule has 0 saturated carbocycles. The van der Waals surface area contributed by atoms with Crippen molar-refractivity contribution in [2.24, 2.45) is 0 Å². The van der Waals surface area contributed by atoms with Gasteiger partial charge < -0.3 is 15.0 Å². The molecule has 5 heteroatoms. The number of ether oxygens (including phenoxy) is 1. The molecule has 3 atom stereocenters. The molecule has 100 valence electrons. The Morgan fingerprint density at radius 3 is 2.89 bits per heavy atom. The summed E-state index contributed by atoms with van der Waals surface area (Å²) in [5.74, 6) is -0.0772. The number of aromatic amines is 1. The Morgan fingerprint density at radius 2 is 2.16 bits per heavy atom. The first kappa shape index (κ1) is 12.2. The second-order valence-electron chi connectivity index (χ2n) is 4.81. The molecule has 1 aromatic heterocycles. The van der Waals surface area contributed by atoms with Gasteiger partial charge in [-0.25, -0.2) is 0 Å². The highest BCUT2D eigenvalue weighted by molar-refractivity contribution is 5.87. The van der Waals surface area contributed by atoms with Crippen molar-refractivity contribution in [2.45, 2.75) is 25.3 Å². The minimum atomic E-state index is -0.461. The molecule has 0 bridgehead atoms. The summed E-state index contributed by atoms with van der Waals surface area (Å²) in [6.45, 7) is 2.01. The van der Waals surface area contributed by atoms with E-state index >= 15 is 0 Å². The Balaban J connectivity index is 1.92. The number of H-pyrrole nitrogens is 1. The van der Waals surface area contributed by atoms with E-state index in [4.69, 9.17) is 4.74 Å². The molecule has 2 aromatic rings. The van der Waals surface area contributed by atoms with Crippen molar-refractivity contribution in [3.63, 3.8) is 0 Å². The summed E-state index contributed by atoms with van der Waals surface area (Å²) in [7, 11) is 1.75. The number of hydrogen-bond acceptors (Lipinski definition) is 3. The Kier molecular flexibility index (Phi) is 3.00. The van der Waals surface area contributed by atoms with E-state index in [-0.39, 0.29) is 11.8 Å². The molecule has 0 spiro atoms. The maximum Gasteiger partial charge on any atom is 0.252 e. The highest BCUT2D eigenvalue weighted by Crippen LogP contribution is 2.30. The van der Waals surface area contributed by atoms with Crippen molar-refractivity contribution in [2.75, 3.05) is 7.05 Å². The van der Waals surface area contributed by atoms with Crippen molar-refractivity contribution in [1.82, 2.24) is 15.6 Å². The number of hydrogen-bond donors (Lipinski definition) is 3. The van der Waals surface area contributed by atoms with Crippen molar-refractivity contribution in [3.8, 4) is 0 Å². The van der Waals surface area contributed by atoms with Gasteiger partial charge in [0.25, 0.3) is 5.91 Å². The van der Waals surface area contributed by atoms with E-state index in [1.54, 1.807) is 7.05 Å². The first-order chi connectivity index (χ1) is 9.20. The fourth-order valence-electron chi connectivity index (χ4n) is 2.57. The van der Waals surface area contributed by atoms with Crippen LogP contribution in [0.4, 0.5) is 0 Å². The largest absolute Gasteiger partial charge is 0.361 e. The van der Waals surface area contributed by atoms with Crippen LogP contribution in [0.15, 0.2) is 30.5 Å². The van der Waals surface area contributed by atoms with E-state index in [9.17, 15) is 4.79 Å². The maximum atomic E-state index is 11.9. The van der Waals surface area contributed by atoms with Crippen LogP contribution in [-0.4, -0.2) is 30.4 Å². The Morgan fingerprint density at radius 1 is 1.37 bits per heavy atom. The monoisotopic (exact) mass is 259 g/mol. The molecule has 1 aliphatic heterocycles. The third-order valence-corrected chi connectivity index (χ3v) is 3.64. The lowest BCUT2D eigenvalue weighted by Gasteiger charge is -2.16. The summed E-state index contributed by atoms with van der Waals surface area (Å²) in [4.78, 5) is 15.2. The molecule has 1 aromatic carbocycles. The van der Waals surface area contributed by atoms with Gasteiger partial charge in [0.15, 0.2) is 6.35 Å². The Hall–Kier alpha value is -1.85. The SMILES string of the molecule is CNC1NC(=O)[C@H]([C@H](C)c2c[nH]c3ccccc23)O1. The number of nitrogens with one attached hydrogen (secondary N) is 3. The quantitative estimate of drug-likeness (QED) is 0.778. The maximum absolute atomic E-state index is 11.9. The van der Waals surface area contributed by atoms with Gasteiger partial charge in [-0.2, -0.15) is 0 Å². The summed E-state index contributed by atoms with van der Waals surface area (Å²) in [5, 5.41) is 6.80. The van der Waals surface area contributed by atoms with Gasteiger partial charge in [0.05, 0.1) is 0 Å². The molecule has 0 radical (unpaired) electrons. The topological polar surface area (TPSA) is 66.1 Å². The second-order valence-corrected chi connectivity index (χ2v) is 4.81. The first-order valence-corrected chi connectivity index (χ1v) is 6.40. The van der Waals surface area contributed by atoms with E-state index in [2.05, 4.69) is 21.7 Å². The normalized spacial score (nSPS) is 24.6. The zero-order valence-corrected chi connectivity index (χ0v) is 10.9. The third-order valence-electron chi connectivity index (χ3n) is 3.64. The van der Waals surface area contributed by atoms with Gasteiger partial charge in [-0.15, -0.1) is 0 Å². The van der Waals surface area contributed by atoms with Crippen molar-refractivity contribution < 1.29 is 9.53 Å². The summed E-state index contributed by atoms with van der Waals surface area (Å²) < 4.78 is 5.67. The summed E-state index contributed by atoms with van der Waals surface area (Å²) in [6.07, 6.45) is 1.10. The van der Waals surface area contributed by atoms with Gasteiger partial charge in [0.2, 0.25) is 0 Å². The predicted octanol–water partition coefficient (Wildman–Crippen LogP) is 1.29. The molecule has 3 N–H and O–H groups in total.